The van der Waals surface area contributed by atoms with Gasteiger partial charge in [-0.25, -0.2) is 10.9 Å². The van der Waals surface area contributed by atoms with Crippen molar-refractivity contribution in [2.75, 3.05) is 20.2 Å². The predicted molar refractivity (Wildman–Crippen MR) is 85.2 cm³/mol. The fraction of sp³-hybridized carbons (Fsp3) is 0.529. The number of ether oxygens (including phenoxy) is 1. The van der Waals surface area contributed by atoms with Gasteiger partial charge in [-0.1, -0.05) is 30.3 Å². The van der Waals surface area contributed by atoms with Crippen LogP contribution in [0.5, 0.6) is 0 Å². The van der Waals surface area contributed by atoms with Gasteiger partial charge in [-0.3, -0.25) is 9.59 Å². The minimum atomic E-state index is -0.213. The van der Waals surface area contributed by atoms with Gasteiger partial charge in [-0.15, -0.1) is 0 Å². The molecule has 0 spiro atoms. The minimum absolute atomic E-state index is 0.0734. The largest absolute Gasteiger partial charge is 0.469 e. The molecule has 0 aliphatic carbocycles. The molecule has 6 heteroatoms. The number of methoxy groups -OCH3 is 1. The molecule has 1 amide bonds. The van der Waals surface area contributed by atoms with Gasteiger partial charge >= 0.3 is 5.97 Å². The molecule has 1 aromatic rings. The Morgan fingerprint density at radius 2 is 1.83 bits per heavy atom. The monoisotopic (exact) mass is 317 g/mol. The molecule has 124 valence electrons. The van der Waals surface area contributed by atoms with Crippen molar-refractivity contribution < 1.29 is 14.3 Å². The van der Waals surface area contributed by atoms with E-state index in [2.05, 4.69) is 23.0 Å². The number of hydrogen-bond acceptors (Lipinski definition) is 5. The lowest BCUT2D eigenvalue weighted by Gasteiger charge is -2.32. The highest BCUT2D eigenvalue weighted by atomic mass is 16.5. The number of hydrogen-bond donors (Lipinski definition) is 2. The number of carbonyl (C=O) groups is 2. The Bertz CT molecular complexity index is 555. The molecule has 2 unspecified atom stereocenters. The van der Waals surface area contributed by atoms with Crippen molar-refractivity contribution in [1.29, 1.82) is 0 Å². The summed E-state index contributed by atoms with van der Waals surface area (Å²) in [7, 11) is 1.41. The van der Waals surface area contributed by atoms with E-state index in [9.17, 15) is 9.59 Å². The second-order valence-electron chi connectivity index (χ2n) is 6.16. The number of benzene rings is 1. The molecule has 6 nitrogen and oxygen atoms in total. The number of rotatable bonds is 3. The molecule has 0 aromatic heterocycles. The summed E-state index contributed by atoms with van der Waals surface area (Å²) in [5, 5.41) is 0. The molecule has 1 aromatic carbocycles. The highest BCUT2D eigenvalue weighted by molar-refractivity contribution is 5.82. The molecule has 3 rings (SSSR count). The van der Waals surface area contributed by atoms with Gasteiger partial charge in [0.25, 0.3) is 0 Å². The number of hydrazine groups is 1. The normalized spacial score (nSPS) is 25.3. The number of nitrogens with zero attached hydrogens (tertiary/aromatic N) is 1. The maximum absolute atomic E-state index is 12.6. The fourth-order valence-electron chi connectivity index (χ4n) is 3.34. The molecule has 23 heavy (non-hydrogen) atoms. The number of amides is 1. The number of likely N-dealkylation sites (tertiary alicyclic amines) is 1. The van der Waals surface area contributed by atoms with Gasteiger partial charge in [0.1, 0.15) is 6.04 Å². The van der Waals surface area contributed by atoms with E-state index in [0.717, 1.165) is 6.42 Å². The van der Waals surface area contributed by atoms with Crippen molar-refractivity contribution >= 4 is 11.9 Å². The van der Waals surface area contributed by atoms with Crippen LogP contribution >= 0.6 is 0 Å². The summed E-state index contributed by atoms with van der Waals surface area (Å²) < 4.78 is 4.78. The van der Waals surface area contributed by atoms with Crippen LogP contribution in [0.1, 0.15) is 30.9 Å². The number of piperidine rings is 1. The summed E-state index contributed by atoms with van der Waals surface area (Å²) in [6.45, 7) is 1.24. The van der Waals surface area contributed by atoms with E-state index in [4.69, 9.17) is 4.74 Å². The molecule has 2 aliphatic rings. The SMILES string of the molecule is COC(=O)C1CCN(C(=O)C2CC(c3ccccc3)NN2)CC1. The zero-order valence-electron chi connectivity index (χ0n) is 13.3. The molecule has 2 heterocycles. The van der Waals surface area contributed by atoms with Crippen LogP contribution in [-0.4, -0.2) is 43.0 Å². The van der Waals surface area contributed by atoms with Crippen molar-refractivity contribution in [3.8, 4) is 0 Å². The van der Waals surface area contributed by atoms with Gasteiger partial charge in [-0.05, 0) is 24.8 Å². The van der Waals surface area contributed by atoms with Gasteiger partial charge in [0.2, 0.25) is 5.91 Å². The van der Waals surface area contributed by atoms with Crippen molar-refractivity contribution in [3.63, 3.8) is 0 Å². The van der Waals surface area contributed by atoms with Gasteiger partial charge in [0, 0.05) is 19.1 Å². The zero-order valence-corrected chi connectivity index (χ0v) is 13.3. The van der Waals surface area contributed by atoms with Crippen molar-refractivity contribution in [2.24, 2.45) is 5.92 Å². The molecule has 2 N–H and O–H groups in total. The van der Waals surface area contributed by atoms with Gasteiger partial charge in [0.05, 0.1) is 13.0 Å². The third-order valence-corrected chi connectivity index (χ3v) is 4.74. The Morgan fingerprint density at radius 3 is 2.48 bits per heavy atom. The van der Waals surface area contributed by atoms with Crippen molar-refractivity contribution in [2.45, 2.75) is 31.3 Å². The third-order valence-electron chi connectivity index (χ3n) is 4.74. The third kappa shape index (κ3) is 3.54. The number of esters is 1. The van der Waals surface area contributed by atoms with E-state index >= 15 is 0 Å². The summed E-state index contributed by atoms with van der Waals surface area (Å²) >= 11 is 0. The van der Waals surface area contributed by atoms with E-state index in [1.807, 2.05) is 23.1 Å². The summed E-state index contributed by atoms with van der Waals surface area (Å²) in [6.07, 6.45) is 2.10. The zero-order chi connectivity index (χ0) is 16.2. The minimum Gasteiger partial charge on any atom is -0.469 e. The van der Waals surface area contributed by atoms with E-state index in [1.165, 1.54) is 12.7 Å². The first kappa shape index (κ1) is 16.0. The summed E-state index contributed by atoms with van der Waals surface area (Å²) in [5.74, 6) is -0.128. The standard InChI is InChI=1S/C17H23N3O3/c1-23-17(22)13-7-9-20(10-8-13)16(21)15-11-14(18-19-15)12-5-3-2-4-6-12/h2-6,13-15,18-19H,7-11H2,1H3. The molecule has 2 atom stereocenters. The first-order valence-electron chi connectivity index (χ1n) is 8.11. The van der Waals surface area contributed by atoms with E-state index in [0.29, 0.717) is 25.9 Å². The van der Waals surface area contributed by atoms with Crippen LogP contribution in [0.3, 0.4) is 0 Å². The highest BCUT2D eigenvalue weighted by Crippen LogP contribution is 2.25. The fourth-order valence-corrected chi connectivity index (χ4v) is 3.34. The lowest BCUT2D eigenvalue weighted by atomic mass is 9.95. The van der Waals surface area contributed by atoms with Crippen LogP contribution in [0.25, 0.3) is 0 Å². The lowest BCUT2D eigenvalue weighted by Crippen LogP contribution is -2.49. The maximum atomic E-state index is 12.6. The van der Waals surface area contributed by atoms with Crippen LogP contribution in [0.15, 0.2) is 30.3 Å². The maximum Gasteiger partial charge on any atom is 0.308 e. The van der Waals surface area contributed by atoms with Gasteiger partial charge in [0.15, 0.2) is 0 Å². The van der Waals surface area contributed by atoms with E-state index in [-0.39, 0.29) is 29.9 Å². The Kier molecular flexibility index (Phi) is 4.93. The first-order chi connectivity index (χ1) is 11.2. The average molecular weight is 317 g/mol. The Morgan fingerprint density at radius 1 is 1.13 bits per heavy atom. The lowest BCUT2D eigenvalue weighted by molar-refractivity contribution is -0.149. The molecule has 2 aliphatic heterocycles. The summed E-state index contributed by atoms with van der Waals surface area (Å²) in [4.78, 5) is 26.0. The smallest absolute Gasteiger partial charge is 0.308 e. The quantitative estimate of drug-likeness (QED) is 0.814. The Labute approximate surface area is 136 Å². The van der Waals surface area contributed by atoms with Crippen LogP contribution in [0, 0.1) is 5.92 Å². The average Bonchev–Trinajstić information content (AvgIpc) is 3.11. The van der Waals surface area contributed by atoms with Crippen molar-refractivity contribution in [1.82, 2.24) is 15.8 Å². The Balaban J connectivity index is 1.53. The van der Waals surface area contributed by atoms with Crippen LogP contribution in [0.4, 0.5) is 0 Å². The highest BCUT2D eigenvalue weighted by Gasteiger charge is 2.35. The first-order valence-corrected chi connectivity index (χ1v) is 8.11. The van der Waals surface area contributed by atoms with Gasteiger partial charge in [-0.2, -0.15) is 0 Å². The second-order valence-corrected chi connectivity index (χ2v) is 6.16. The van der Waals surface area contributed by atoms with E-state index < -0.39 is 0 Å². The number of nitrogens with one attached hydrogen (secondary N) is 2. The van der Waals surface area contributed by atoms with Crippen LogP contribution in [0.2, 0.25) is 0 Å². The van der Waals surface area contributed by atoms with Crippen molar-refractivity contribution in [3.05, 3.63) is 35.9 Å². The molecule has 0 radical (unpaired) electrons. The summed E-state index contributed by atoms with van der Waals surface area (Å²) in [5.41, 5.74) is 7.50. The van der Waals surface area contributed by atoms with E-state index in [1.54, 1.807) is 0 Å². The number of carbonyl (C=O) groups excluding carboxylic acids is 2. The predicted octanol–water partition coefficient (Wildman–Crippen LogP) is 1.01. The molecule has 2 saturated heterocycles. The topological polar surface area (TPSA) is 70.7 Å². The summed E-state index contributed by atoms with van der Waals surface area (Å²) in [6, 6.07) is 10.1. The second kappa shape index (κ2) is 7.10. The molecular formula is C17H23N3O3. The molecule has 0 saturated carbocycles. The Hall–Kier alpha value is -1.92. The van der Waals surface area contributed by atoms with Crippen LogP contribution < -0.4 is 10.9 Å². The molecule has 0 bridgehead atoms. The molecule has 2 fully saturated rings. The van der Waals surface area contributed by atoms with Gasteiger partial charge < -0.3 is 9.64 Å². The molecular weight excluding hydrogens is 294 g/mol. The van der Waals surface area contributed by atoms with Crippen LogP contribution in [-0.2, 0) is 14.3 Å².